The summed E-state index contributed by atoms with van der Waals surface area (Å²) < 4.78 is 19.0. The van der Waals surface area contributed by atoms with Gasteiger partial charge in [0.1, 0.15) is 12.1 Å². The maximum absolute atomic E-state index is 13.5. The lowest BCUT2D eigenvalue weighted by atomic mass is 9.98. The molecule has 3 aromatic heterocycles. The average Bonchev–Trinajstić information content (AvgIpc) is 3.30. The molecular formula is C22H19FN6O2. The Morgan fingerprint density at radius 3 is 2.81 bits per heavy atom. The number of aromatic nitrogens is 4. The number of oxazole rings is 1. The van der Waals surface area contributed by atoms with Crippen LogP contribution in [0.5, 0.6) is 0 Å². The highest BCUT2D eigenvalue weighted by Gasteiger charge is 2.22. The van der Waals surface area contributed by atoms with E-state index in [9.17, 15) is 9.18 Å². The first kappa shape index (κ1) is 19.3. The van der Waals surface area contributed by atoms with Crippen LogP contribution in [0.15, 0.2) is 53.5 Å². The van der Waals surface area contributed by atoms with Gasteiger partial charge >= 0.3 is 0 Å². The molecular weight excluding hydrogens is 399 g/mol. The molecule has 156 valence electrons. The fourth-order valence-corrected chi connectivity index (χ4v) is 3.65. The van der Waals surface area contributed by atoms with Crippen molar-refractivity contribution in [1.82, 2.24) is 25.3 Å². The topological polar surface area (TPSA) is 106 Å². The third kappa shape index (κ3) is 4.13. The Morgan fingerprint density at radius 1 is 1.10 bits per heavy atom. The molecule has 0 aliphatic carbocycles. The number of nitrogens with one attached hydrogen (secondary N) is 2. The van der Waals surface area contributed by atoms with E-state index in [-0.39, 0.29) is 17.6 Å². The lowest BCUT2D eigenvalue weighted by molar-refractivity contribution is 0.102. The van der Waals surface area contributed by atoms with Crippen LogP contribution in [0.3, 0.4) is 0 Å². The van der Waals surface area contributed by atoms with E-state index in [2.05, 4.69) is 30.6 Å². The van der Waals surface area contributed by atoms with Crippen LogP contribution in [-0.2, 0) is 0 Å². The van der Waals surface area contributed by atoms with Gasteiger partial charge in [-0.05, 0) is 43.6 Å². The summed E-state index contributed by atoms with van der Waals surface area (Å²) >= 11 is 0. The van der Waals surface area contributed by atoms with E-state index >= 15 is 0 Å². The Bertz CT molecular complexity index is 1250. The molecule has 9 heteroatoms. The standard InChI is InChI=1S/C22H19FN6O2/c23-17-7-16(9-25-11-17)14-1-2-15-10-26-22(28-18(15)8-14)29-20(30)19-12-31-21(27-19)13-3-5-24-6-4-13/h1-2,7-13,24H,3-6H2,(H,26,28,29,30). The number of halogens is 1. The summed E-state index contributed by atoms with van der Waals surface area (Å²) in [5, 5.41) is 6.75. The molecule has 31 heavy (non-hydrogen) atoms. The molecule has 0 atom stereocenters. The van der Waals surface area contributed by atoms with Crippen molar-refractivity contribution in [2.75, 3.05) is 18.4 Å². The van der Waals surface area contributed by atoms with Gasteiger partial charge in [-0.3, -0.25) is 15.1 Å². The minimum Gasteiger partial charge on any atom is -0.448 e. The molecule has 8 nitrogen and oxygen atoms in total. The van der Waals surface area contributed by atoms with Crippen molar-refractivity contribution in [3.63, 3.8) is 0 Å². The Hall–Kier alpha value is -3.72. The Kier molecular flexibility index (Phi) is 5.09. The zero-order valence-electron chi connectivity index (χ0n) is 16.5. The van der Waals surface area contributed by atoms with Crippen molar-refractivity contribution in [2.45, 2.75) is 18.8 Å². The van der Waals surface area contributed by atoms with Crippen LogP contribution in [0.4, 0.5) is 10.3 Å². The number of pyridine rings is 1. The number of carbonyl (C=O) groups is 1. The Balaban J connectivity index is 1.36. The Morgan fingerprint density at radius 2 is 1.97 bits per heavy atom. The molecule has 0 spiro atoms. The molecule has 1 aromatic carbocycles. The molecule has 0 saturated carbocycles. The first-order valence-corrected chi connectivity index (χ1v) is 10.0. The number of amides is 1. The SMILES string of the molecule is O=C(Nc1ncc2ccc(-c3cncc(F)c3)cc2n1)c1coc(C2CCNCC2)n1. The number of hydrogen-bond acceptors (Lipinski definition) is 7. The van der Waals surface area contributed by atoms with E-state index < -0.39 is 11.7 Å². The van der Waals surface area contributed by atoms with Crippen molar-refractivity contribution in [1.29, 1.82) is 0 Å². The van der Waals surface area contributed by atoms with Gasteiger partial charge in [-0.2, -0.15) is 0 Å². The highest BCUT2D eigenvalue weighted by atomic mass is 19.1. The highest BCUT2D eigenvalue weighted by molar-refractivity contribution is 6.02. The first-order chi connectivity index (χ1) is 15.2. The van der Waals surface area contributed by atoms with Crippen LogP contribution in [0.1, 0.15) is 35.1 Å². The van der Waals surface area contributed by atoms with Gasteiger partial charge in [0, 0.05) is 29.3 Å². The smallest absolute Gasteiger partial charge is 0.279 e. The minimum atomic E-state index is -0.436. The third-order valence-corrected chi connectivity index (χ3v) is 5.29. The second-order valence-corrected chi connectivity index (χ2v) is 7.41. The predicted molar refractivity (Wildman–Crippen MR) is 112 cm³/mol. The summed E-state index contributed by atoms with van der Waals surface area (Å²) in [4.78, 5) is 29.5. The molecule has 4 heterocycles. The molecule has 1 saturated heterocycles. The molecule has 0 bridgehead atoms. The zero-order chi connectivity index (χ0) is 21.2. The molecule has 1 amide bonds. The van der Waals surface area contributed by atoms with Crippen LogP contribution >= 0.6 is 0 Å². The largest absolute Gasteiger partial charge is 0.448 e. The number of anilines is 1. The number of rotatable bonds is 4. The number of hydrogen-bond donors (Lipinski definition) is 2. The fraction of sp³-hybridized carbons (Fsp3) is 0.227. The van der Waals surface area contributed by atoms with Crippen LogP contribution in [0, 0.1) is 5.82 Å². The van der Waals surface area contributed by atoms with E-state index in [1.165, 1.54) is 12.3 Å². The lowest BCUT2D eigenvalue weighted by Crippen LogP contribution is -2.26. The van der Waals surface area contributed by atoms with Crippen molar-refractivity contribution in [2.24, 2.45) is 0 Å². The summed E-state index contributed by atoms with van der Waals surface area (Å²) in [6.07, 6.45) is 7.58. The summed E-state index contributed by atoms with van der Waals surface area (Å²) in [6.45, 7) is 1.82. The van der Waals surface area contributed by atoms with Crippen LogP contribution in [0.2, 0.25) is 0 Å². The van der Waals surface area contributed by atoms with E-state index in [1.807, 2.05) is 12.1 Å². The van der Waals surface area contributed by atoms with Crippen molar-refractivity contribution in [3.05, 3.63) is 66.5 Å². The maximum atomic E-state index is 13.5. The van der Waals surface area contributed by atoms with Gasteiger partial charge in [-0.15, -0.1) is 0 Å². The van der Waals surface area contributed by atoms with Crippen LogP contribution in [0.25, 0.3) is 22.0 Å². The van der Waals surface area contributed by atoms with Crippen molar-refractivity contribution < 1.29 is 13.6 Å². The number of piperidine rings is 1. The van der Waals surface area contributed by atoms with Crippen molar-refractivity contribution >= 4 is 22.8 Å². The first-order valence-electron chi connectivity index (χ1n) is 10.0. The number of fused-ring (bicyclic) bond motifs is 1. The molecule has 1 aliphatic heterocycles. The molecule has 1 fully saturated rings. The monoisotopic (exact) mass is 418 g/mol. The van der Waals surface area contributed by atoms with Gasteiger partial charge < -0.3 is 9.73 Å². The van der Waals surface area contributed by atoms with E-state index in [0.717, 1.165) is 43.1 Å². The maximum Gasteiger partial charge on any atom is 0.279 e. The van der Waals surface area contributed by atoms with Crippen molar-refractivity contribution in [3.8, 4) is 11.1 Å². The van der Waals surface area contributed by atoms with E-state index in [4.69, 9.17) is 4.42 Å². The second kappa shape index (κ2) is 8.19. The van der Waals surface area contributed by atoms with Gasteiger partial charge in [-0.25, -0.2) is 19.3 Å². The summed E-state index contributed by atoms with van der Waals surface area (Å²) in [7, 11) is 0. The van der Waals surface area contributed by atoms with Gasteiger partial charge in [0.15, 0.2) is 11.6 Å². The summed E-state index contributed by atoms with van der Waals surface area (Å²) in [6, 6.07) is 6.89. The zero-order valence-corrected chi connectivity index (χ0v) is 16.5. The van der Waals surface area contributed by atoms with Crippen LogP contribution < -0.4 is 10.6 Å². The number of nitrogens with zero attached hydrogens (tertiary/aromatic N) is 4. The summed E-state index contributed by atoms with van der Waals surface area (Å²) in [5.74, 6) is 0.104. The minimum absolute atomic E-state index is 0.151. The van der Waals surface area contributed by atoms with Crippen LogP contribution in [-0.4, -0.2) is 38.9 Å². The molecule has 1 aliphatic rings. The predicted octanol–water partition coefficient (Wildman–Crippen LogP) is 3.54. The fourth-order valence-electron chi connectivity index (χ4n) is 3.65. The van der Waals surface area contributed by atoms with E-state index in [1.54, 1.807) is 18.5 Å². The Labute approximate surface area is 177 Å². The highest BCUT2D eigenvalue weighted by Crippen LogP contribution is 2.25. The molecule has 0 radical (unpaired) electrons. The molecule has 5 rings (SSSR count). The quantitative estimate of drug-likeness (QED) is 0.522. The normalized spacial score (nSPS) is 14.6. The van der Waals surface area contributed by atoms with Gasteiger partial charge in [-0.1, -0.05) is 12.1 Å². The van der Waals surface area contributed by atoms with Gasteiger partial charge in [0.05, 0.1) is 11.7 Å². The number of benzene rings is 1. The molecule has 2 N–H and O–H groups in total. The van der Waals surface area contributed by atoms with E-state index in [0.29, 0.717) is 17.0 Å². The lowest BCUT2D eigenvalue weighted by Gasteiger charge is -2.19. The third-order valence-electron chi connectivity index (χ3n) is 5.29. The number of carbonyl (C=O) groups excluding carboxylic acids is 1. The summed E-state index contributed by atoms with van der Waals surface area (Å²) in [5.41, 5.74) is 2.21. The average molecular weight is 418 g/mol. The van der Waals surface area contributed by atoms with Gasteiger partial charge in [0.2, 0.25) is 5.95 Å². The molecule has 0 unspecified atom stereocenters. The second-order valence-electron chi connectivity index (χ2n) is 7.41. The molecule has 4 aromatic rings. The van der Waals surface area contributed by atoms with Gasteiger partial charge in [0.25, 0.3) is 5.91 Å².